The molecule has 2 aliphatic rings. The van der Waals surface area contributed by atoms with Gasteiger partial charge < -0.3 is 20.3 Å². The number of anilines is 3. The number of likely N-dealkylation sites (tertiary alicyclic amines) is 1. The molecule has 4 amide bonds. The first kappa shape index (κ1) is 25.4. The molecule has 2 aliphatic heterocycles. The summed E-state index contributed by atoms with van der Waals surface area (Å²) < 4.78 is 5.79. The van der Waals surface area contributed by atoms with Crippen molar-refractivity contribution in [1.82, 2.24) is 25.4 Å². The predicted molar refractivity (Wildman–Crippen MR) is 151 cm³/mol. The van der Waals surface area contributed by atoms with Crippen molar-refractivity contribution >= 4 is 56.5 Å². The Morgan fingerprint density at radius 3 is 2.88 bits per heavy atom. The normalized spacial score (nSPS) is 16.4. The largest absolute Gasteiger partial charge is 0.438 e. The van der Waals surface area contributed by atoms with Gasteiger partial charge in [-0.05, 0) is 61.7 Å². The minimum absolute atomic E-state index is 0.152. The second-order valence-electron chi connectivity index (χ2n) is 9.50. The zero-order chi connectivity index (χ0) is 27.8. The molecule has 5 heterocycles. The van der Waals surface area contributed by atoms with Crippen molar-refractivity contribution in [2.45, 2.75) is 25.8 Å². The lowest BCUT2D eigenvalue weighted by Crippen LogP contribution is -2.49. The Bertz CT molecular complexity index is 1660. The smallest absolute Gasteiger partial charge is 0.331 e. The van der Waals surface area contributed by atoms with Crippen LogP contribution in [0.1, 0.15) is 28.1 Å². The van der Waals surface area contributed by atoms with Gasteiger partial charge in [-0.1, -0.05) is 6.58 Å². The van der Waals surface area contributed by atoms with Gasteiger partial charge in [0.05, 0.1) is 22.4 Å². The predicted octanol–water partition coefficient (Wildman–Crippen LogP) is 4.78. The van der Waals surface area contributed by atoms with Gasteiger partial charge in [0.2, 0.25) is 11.8 Å². The maximum atomic E-state index is 13.5. The highest BCUT2D eigenvalue weighted by Crippen LogP contribution is 2.46. The molecular weight excluding hydrogens is 530 g/mol. The number of amides is 4. The van der Waals surface area contributed by atoms with Gasteiger partial charge in [0.15, 0.2) is 0 Å². The molecular formula is C28H25N7O4S. The molecule has 1 saturated heterocycles. The van der Waals surface area contributed by atoms with Crippen molar-refractivity contribution in [3.05, 3.63) is 71.9 Å². The first-order valence-electron chi connectivity index (χ1n) is 12.7. The topological polar surface area (TPSA) is 130 Å². The highest BCUT2D eigenvalue weighted by Gasteiger charge is 2.34. The van der Waals surface area contributed by atoms with Gasteiger partial charge >= 0.3 is 6.03 Å². The summed E-state index contributed by atoms with van der Waals surface area (Å²) in [6.45, 7) is 6.49. The quantitative estimate of drug-likeness (QED) is 0.328. The molecule has 11 nitrogen and oxygen atoms in total. The second kappa shape index (κ2) is 10.4. The Hall–Kier alpha value is -4.84. The monoisotopic (exact) mass is 555 g/mol. The summed E-state index contributed by atoms with van der Waals surface area (Å²) in [7, 11) is 0. The molecule has 1 aromatic carbocycles. The Kier molecular flexibility index (Phi) is 6.60. The first-order chi connectivity index (χ1) is 19.4. The van der Waals surface area contributed by atoms with E-state index in [1.165, 1.54) is 17.4 Å². The number of urea groups is 1. The fourth-order valence-electron chi connectivity index (χ4n) is 5.06. The number of carbonyl (C=O) groups is 3. The number of carbonyl (C=O) groups excluding carboxylic acids is 3. The second-order valence-corrected chi connectivity index (χ2v) is 10.5. The van der Waals surface area contributed by atoms with E-state index < -0.39 is 6.03 Å². The Labute approximate surface area is 233 Å². The van der Waals surface area contributed by atoms with Crippen LogP contribution in [-0.4, -0.2) is 57.1 Å². The van der Waals surface area contributed by atoms with Gasteiger partial charge in [0.25, 0.3) is 5.91 Å². The standard InChI is InChI=1S/C28H25N7O4S/c1-3-22(36)34-13-5-6-17(15-34)31-26(37)25-24-23-20(10-12-29-27(23)40-25)35(28(38)32-24)19-9-8-18(14-16(19)2)39-21-7-4-11-30-33-21/h3-4,7-12,14,17H,1,5-6,13,15H2,2H3,(H,31,37)(H,32,38)/t17-/m1/s1. The van der Waals surface area contributed by atoms with Crippen LogP contribution in [0.25, 0.3) is 10.2 Å². The highest BCUT2D eigenvalue weighted by atomic mass is 32.1. The van der Waals surface area contributed by atoms with Crippen molar-refractivity contribution in [3.63, 3.8) is 0 Å². The maximum Gasteiger partial charge on any atom is 0.331 e. The van der Waals surface area contributed by atoms with Crippen LogP contribution in [0.2, 0.25) is 0 Å². The molecule has 0 bridgehead atoms. The van der Waals surface area contributed by atoms with Gasteiger partial charge in [-0.15, -0.1) is 16.4 Å². The molecule has 0 saturated carbocycles. The molecule has 4 aromatic rings. The van der Waals surface area contributed by atoms with E-state index in [-0.39, 0.29) is 17.9 Å². The summed E-state index contributed by atoms with van der Waals surface area (Å²) in [5.41, 5.74) is 2.53. The highest BCUT2D eigenvalue weighted by molar-refractivity contribution is 7.21. The summed E-state index contributed by atoms with van der Waals surface area (Å²) in [5.74, 6) is 0.464. The number of rotatable bonds is 6. The maximum absolute atomic E-state index is 13.5. The number of aryl methyl sites for hydroxylation is 1. The Morgan fingerprint density at radius 1 is 1.23 bits per heavy atom. The number of hydrogen-bond donors (Lipinski definition) is 2. The third-order valence-corrected chi connectivity index (χ3v) is 7.97. The lowest BCUT2D eigenvalue weighted by atomic mass is 10.1. The van der Waals surface area contributed by atoms with Gasteiger partial charge in [0.1, 0.15) is 15.5 Å². The summed E-state index contributed by atoms with van der Waals surface area (Å²) in [4.78, 5) is 47.7. The van der Waals surface area contributed by atoms with Crippen LogP contribution >= 0.6 is 11.3 Å². The molecule has 0 radical (unpaired) electrons. The fraction of sp³-hybridized carbons (Fsp3) is 0.214. The molecule has 1 fully saturated rings. The number of aromatic nitrogens is 3. The molecule has 40 heavy (non-hydrogen) atoms. The van der Waals surface area contributed by atoms with Crippen LogP contribution in [0, 0.1) is 6.92 Å². The van der Waals surface area contributed by atoms with Crippen LogP contribution in [0.15, 0.2) is 61.4 Å². The van der Waals surface area contributed by atoms with E-state index in [0.29, 0.717) is 56.9 Å². The zero-order valence-electron chi connectivity index (χ0n) is 21.6. The van der Waals surface area contributed by atoms with E-state index in [1.54, 1.807) is 52.5 Å². The number of thiophene rings is 1. The molecule has 202 valence electrons. The lowest BCUT2D eigenvalue weighted by Gasteiger charge is -2.32. The molecule has 12 heteroatoms. The number of benzene rings is 1. The third-order valence-electron chi connectivity index (χ3n) is 6.87. The van der Waals surface area contributed by atoms with Gasteiger partial charge in [-0.2, -0.15) is 5.10 Å². The van der Waals surface area contributed by atoms with E-state index in [4.69, 9.17) is 4.74 Å². The fourth-order valence-corrected chi connectivity index (χ4v) is 6.09. The average Bonchev–Trinajstić information content (AvgIpc) is 3.33. The van der Waals surface area contributed by atoms with Gasteiger partial charge in [-0.25, -0.2) is 9.78 Å². The molecule has 3 aromatic heterocycles. The van der Waals surface area contributed by atoms with Crippen molar-refractivity contribution in [2.75, 3.05) is 23.3 Å². The molecule has 0 aliphatic carbocycles. The Balaban J connectivity index is 1.29. The van der Waals surface area contributed by atoms with E-state index in [2.05, 4.69) is 32.4 Å². The average molecular weight is 556 g/mol. The lowest BCUT2D eigenvalue weighted by molar-refractivity contribution is -0.127. The number of pyridine rings is 1. The summed E-state index contributed by atoms with van der Waals surface area (Å²) >= 11 is 1.22. The number of nitrogens with zero attached hydrogens (tertiary/aromatic N) is 5. The molecule has 6 rings (SSSR count). The minimum Gasteiger partial charge on any atom is -0.438 e. The number of nitrogens with one attached hydrogen (secondary N) is 2. The molecule has 0 unspecified atom stereocenters. The van der Waals surface area contributed by atoms with E-state index in [9.17, 15) is 14.4 Å². The SMILES string of the molecule is C=CC(=O)N1CCC[C@@H](NC(=O)c2sc3nccc4c3c2NC(=O)N4c2ccc(Oc3cccnn3)cc2C)C1. The van der Waals surface area contributed by atoms with Crippen LogP contribution in [0.5, 0.6) is 11.6 Å². The van der Waals surface area contributed by atoms with Gasteiger partial charge in [-0.3, -0.25) is 14.5 Å². The van der Waals surface area contributed by atoms with Crippen molar-refractivity contribution in [2.24, 2.45) is 0 Å². The van der Waals surface area contributed by atoms with Crippen molar-refractivity contribution < 1.29 is 19.1 Å². The van der Waals surface area contributed by atoms with Crippen LogP contribution in [-0.2, 0) is 4.79 Å². The summed E-state index contributed by atoms with van der Waals surface area (Å²) in [6.07, 6.45) is 6.02. The number of piperidine rings is 1. The molecule has 2 N–H and O–H groups in total. The van der Waals surface area contributed by atoms with Crippen molar-refractivity contribution in [3.8, 4) is 11.6 Å². The van der Waals surface area contributed by atoms with Gasteiger partial charge in [0, 0.05) is 37.6 Å². The summed E-state index contributed by atoms with van der Waals surface area (Å²) in [5, 5.41) is 14.4. The van der Waals surface area contributed by atoms with Crippen LogP contribution < -0.4 is 20.3 Å². The minimum atomic E-state index is -0.390. The third kappa shape index (κ3) is 4.62. The van der Waals surface area contributed by atoms with Crippen molar-refractivity contribution in [1.29, 1.82) is 0 Å². The van der Waals surface area contributed by atoms with E-state index in [0.717, 1.165) is 18.4 Å². The summed E-state index contributed by atoms with van der Waals surface area (Å²) in [6, 6.07) is 10.0. The number of ether oxygens (including phenoxy) is 1. The first-order valence-corrected chi connectivity index (χ1v) is 13.6. The number of hydrogen-bond acceptors (Lipinski definition) is 8. The molecule has 1 atom stereocenters. The molecule has 0 spiro atoms. The zero-order valence-corrected chi connectivity index (χ0v) is 22.4. The van der Waals surface area contributed by atoms with E-state index >= 15 is 0 Å². The van der Waals surface area contributed by atoms with Crippen LogP contribution in [0.3, 0.4) is 0 Å². The van der Waals surface area contributed by atoms with Crippen LogP contribution in [0.4, 0.5) is 21.9 Å². The van der Waals surface area contributed by atoms with E-state index in [1.807, 2.05) is 13.0 Å². The Morgan fingerprint density at radius 2 is 2.10 bits per heavy atom.